The van der Waals surface area contributed by atoms with Gasteiger partial charge < -0.3 is 5.32 Å². The molecule has 0 spiro atoms. The number of fused-ring (bicyclic) bond motifs is 1. The first-order valence-electron chi connectivity index (χ1n) is 4.46. The molecule has 0 unspecified atom stereocenters. The van der Waals surface area contributed by atoms with Gasteiger partial charge >= 0.3 is 0 Å². The third-order valence-corrected chi connectivity index (χ3v) is 2.49. The van der Waals surface area contributed by atoms with Gasteiger partial charge in [0.1, 0.15) is 0 Å². The van der Waals surface area contributed by atoms with E-state index in [9.17, 15) is 0 Å². The van der Waals surface area contributed by atoms with Gasteiger partial charge in [-0.15, -0.1) is 0 Å². The predicted octanol–water partition coefficient (Wildman–Crippen LogP) is 3.24. The third-order valence-electron chi connectivity index (χ3n) is 2.19. The molecule has 0 bridgehead atoms. The molecule has 14 heavy (non-hydrogen) atoms. The monoisotopic (exact) mass is 206 g/mol. The van der Waals surface area contributed by atoms with Crippen LogP contribution in [0.25, 0.3) is 10.9 Å². The molecule has 0 saturated heterocycles. The molecule has 2 rings (SSSR count). The molecule has 72 valence electrons. The maximum Gasteiger partial charge on any atom is 0.0912 e. The van der Waals surface area contributed by atoms with Crippen LogP contribution in [0, 0.1) is 6.92 Å². The van der Waals surface area contributed by atoms with Gasteiger partial charge in [0.2, 0.25) is 0 Å². The quantitative estimate of drug-likeness (QED) is 0.775. The summed E-state index contributed by atoms with van der Waals surface area (Å²) in [5.41, 5.74) is 2.89. The molecule has 2 aromatic rings. The van der Waals surface area contributed by atoms with Crippen molar-refractivity contribution in [3.8, 4) is 0 Å². The zero-order valence-corrected chi connectivity index (χ0v) is 8.89. The van der Waals surface area contributed by atoms with Crippen LogP contribution in [0.2, 0.25) is 5.02 Å². The Kier molecular flexibility index (Phi) is 2.30. The number of hydrogen-bond acceptors (Lipinski definition) is 2. The van der Waals surface area contributed by atoms with E-state index in [1.807, 2.05) is 38.2 Å². The van der Waals surface area contributed by atoms with Crippen molar-refractivity contribution in [3.63, 3.8) is 0 Å². The number of rotatable bonds is 1. The van der Waals surface area contributed by atoms with Crippen LogP contribution in [0.4, 0.5) is 5.69 Å². The van der Waals surface area contributed by atoms with Crippen molar-refractivity contribution in [1.29, 1.82) is 0 Å². The summed E-state index contributed by atoms with van der Waals surface area (Å²) in [4.78, 5) is 4.41. The lowest BCUT2D eigenvalue weighted by molar-refractivity contribution is 1.25. The molecule has 1 aromatic heterocycles. The van der Waals surface area contributed by atoms with Crippen molar-refractivity contribution >= 4 is 28.2 Å². The smallest absolute Gasteiger partial charge is 0.0912 e. The van der Waals surface area contributed by atoms with Crippen LogP contribution >= 0.6 is 11.6 Å². The lowest BCUT2D eigenvalue weighted by Gasteiger charge is -2.07. The molecule has 0 aliphatic carbocycles. The summed E-state index contributed by atoms with van der Waals surface area (Å²) < 4.78 is 0. The summed E-state index contributed by atoms with van der Waals surface area (Å²) in [7, 11) is 1.90. The Hall–Kier alpha value is -1.28. The molecule has 0 atom stereocenters. The van der Waals surface area contributed by atoms with Crippen LogP contribution in [-0.2, 0) is 0 Å². The predicted molar refractivity (Wildman–Crippen MR) is 61.0 cm³/mol. The standard InChI is InChI=1S/C11H11ClN2/c1-7-6-10(13-2)8-4-3-5-9(12)11(8)14-7/h3-6H,1-2H3,(H,13,14). The van der Waals surface area contributed by atoms with Crippen LogP contribution in [0.5, 0.6) is 0 Å². The lowest BCUT2D eigenvalue weighted by Crippen LogP contribution is -1.93. The van der Waals surface area contributed by atoms with E-state index in [1.54, 1.807) is 0 Å². The number of halogens is 1. The summed E-state index contributed by atoms with van der Waals surface area (Å²) >= 11 is 6.07. The molecular weight excluding hydrogens is 196 g/mol. The highest BCUT2D eigenvalue weighted by Gasteiger charge is 2.04. The van der Waals surface area contributed by atoms with Crippen LogP contribution in [0.1, 0.15) is 5.69 Å². The van der Waals surface area contributed by atoms with Gasteiger partial charge in [-0.05, 0) is 19.1 Å². The summed E-state index contributed by atoms with van der Waals surface area (Å²) in [5.74, 6) is 0. The van der Waals surface area contributed by atoms with E-state index >= 15 is 0 Å². The minimum absolute atomic E-state index is 0.697. The molecule has 0 fully saturated rings. The number of aryl methyl sites for hydroxylation is 1. The number of pyridine rings is 1. The molecule has 0 radical (unpaired) electrons. The van der Waals surface area contributed by atoms with Crippen LogP contribution in [0.15, 0.2) is 24.3 Å². The average Bonchev–Trinajstić information content (AvgIpc) is 2.18. The Morgan fingerprint density at radius 3 is 2.86 bits per heavy atom. The summed E-state index contributed by atoms with van der Waals surface area (Å²) in [5, 5.41) is 4.90. The first-order chi connectivity index (χ1) is 6.72. The number of hydrogen-bond donors (Lipinski definition) is 1. The largest absolute Gasteiger partial charge is 0.388 e. The Labute approximate surface area is 87.9 Å². The zero-order chi connectivity index (χ0) is 10.1. The van der Waals surface area contributed by atoms with Gasteiger partial charge in [-0.3, -0.25) is 4.98 Å². The number of aromatic nitrogens is 1. The topological polar surface area (TPSA) is 24.9 Å². The van der Waals surface area contributed by atoms with Gasteiger partial charge in [-0.2, -0.15) is 0 Å². The Balaban J connectivity index is 2.87. The second-order valence-electron chi connectivity index (χ2n) is 3.20. The minimum Gasteiger partial charge on any atom is -0.388 e. The van der Waals surface area contributed by atoms with Crippen molar-refractivity contribution in [2.45, 2.75) is 6.92 Å². The number of nitrogens with one attached hydrogen (secondary N) is 1. The molecule has 1 N–H and O–H groups in total. The second kappa shape index (κ2) is 3.46. The number of anilines is 1. The lowest BCUT2D eigenvalue weighted by atomic mass is 10.1. The van der Waals surface area contributed by atoms with E-state index in [4.69, 9.17) is 11.6 Å². The van der Waals surface area contributed by atoms with Crippen molar-refractivity contribution in [2.75, 3.05) is 12.4 Å². The van der Waals surface area contributed by atoms with E-state index in [0.717, 1.165) is 22.3 Å². The molecule has 1 aromatic carbocycles. The molecule has 0 amide bonds. The van der Waals surface area contributed by atoms with Crippen LogP contribution in [-0.4, -0.2) is 12.0 Å². The minimum atomic E-state index is 0.697. The number of nitrogens with zero attached hydrogens (tertiary/aromatic N) is 1. The zero-order valence-electron chi connectivity index (χ0n) is 8.13. The van der Waals surface area contributed by atoms with Crippen molar-refractivity contribution in [3.05, 3.63) is 35.0 Å². The Morgan fingerprint density at radius 1 is 1.36 bits per heavy atom. The highest BCUT2D eigenvalue weighted by Crippen LogP contribution is 2.27. The summed E-state index contributed by atoms with van der Waals surface area (Å²) in [6.45, 7) is 1.96. The van der Waals surface area contributed by atoms with Gasteiger partial charge in [-0.25, -0.2) is 0 Å². The van der Waals surface area contributed by atoms with Crippen molar-refractivity contribution in [1.82, 2.24) is 4.98 Å². The molecule has 0 aliphatic heterocycles. The molecule has 2 nitrogen and oxygen atoms in total. The van der Waals surface area contributed by atoms with E-state index in [0.29, 0.717) is 5.02 Å². The number of benzene rings is 1. The fraction of sp³-hybridized carbons (Fsp3) is 0.182. The van der Waals surface area contributed by atoms with E-state index in [-0.39, 0.29) is 0 Å². The highest BCUT2D eigenvalue weighted by atomic mass is 35.5. The third kappa shape index (κ3) is 1.42. The first kappa shape index (κ1) is 9.28. The van der Waals surface area contributed by atoms with E-state index < -0.39 is 0 Å². The van der Waals surface area contributed by atoms with Crippen LogP contribution in [0.3, 0.4) is 0 Å². The van der Waals surface area contributed by atoms with Gasteiger partial charge in [0.25, 0.3) is 0 Å². The van der Waals surface area contributed by atoms with E-state index in [2.05, 4.69) is 10.3 Å². The molecular formula is C11H11ClN2. The Morgan fingerprint density at radius 2 is 2.14 bits per heavy atom. The fourth-order valence-electron chi connectivity index (χ4n) is 1.55. The van der Waals surface area contributed by atoms with Crippen molar-refractivity contribution < 1.29 is 0 Å². The van der Waals surface area contributed by atoms with E-state index in [1.165, 1.54) is 0 Å². The summed E-state index contributed by atoms with van der Waals surface area (Å²) in [6.07, 6.45) is 0. The maximum absolute atomic E-state index is 6.07. The van der Waals surface area contributed by atoms with Gasteiger partial charge in [0, 0.05) is 23.8 Å². The first-order valence-corrected chi connectivity index (χ1v) is 4.84. The summed E-state index contributed by atoms with van der Waals surface area (Å²) in [6, 6.07) is 7.82. The van der Waals surface area contributed by atoms with Crippen molar-refractivity contribution in [2.24, 2.45) is 0 Å². The normalized spacial score (nSPS) is 10.5. The van der Waals surface area contributed by atoms with Gasteiger partial charge in [0.05, 0.1) is 10.5 Å². The van der Waals surface area contributed by atoms with Gasteiger partial charge in [0.15, 0.2) is 0 Å². The van der Waals surface area contributed by atoms with Crippen LogP contribution < -0.4 is 5.32 Å². The molecule has 0 aliphatic rings. The SMILES string of the molecule is CNc1cc(C)nc2c(Cl)cccc12. The fourth-order valence-corrected chi connectivity index (χ4v) is 1.77. The molecule has 1 heterocycles. The Bertz CT molecular complexity index is 480. The second-order valence-corrected chi connectivity index (χ2v) is 3.60. The van der Waals surface area contributed by atoms with Gasteiger partial charge in [-0.1, -0.05) is 23.7 Å². The molecule has 0 saturated carbocycles. The highest BCUT2D eigenvalue weighted by molar-refractivity contribution is 6.35. The molecule has 3 heteroatoms. The number of para-hydroxylation sites is 1. The maximum atomic E-state index is 6.07. The average molecular weight is 207 g/mol.